The molecule has 3 rings (SSSR count). The summed E-state index contributed by atoms with van der Waals surface area (Å²) >= 11 is 0. The van der Waals surface area contributed by atoms with Crippen molar-refractivity contribution in [2.45, 2.75) is 13.8 Å². The highest BCUT2D eigenvalue weighted by Crippen LogP contribution is 2.27. The average molecular weight is 277 g/mol. The monoisotopic (exact) mass is 277 g/mol. The summed E-state index contributed by atoms with van der Waals surface area (Å²) < 4.78 is 0.920. The number of nitrogens with one attached hydrogen (secondary N) is 1. The van der Waals surface area contributed by atoms with Gasteiger partial charge in [0.05, 0.1) is 16.2 Å². The van der Waals surface area contributed by atoms with Gasteiger partial charge in [0.2, 0.25) is 6.20 Å². The highest BCUT2D eigenvalue weighted by atomic mass is 16.3. The molecule has 0 aliphatic heterocycles. The van der Waals surface area contributed by atoms with E-state index in [0.717, 1.165) is 32.4 Å². The lowest BCUT2D eigenvalue weighted by atomic mass is 10.0. The maximum atomic E-state index is 12.3. The molecule has 0 fully saturated rings. The van der Waals surface area contributed by atoms with Gasteiger partial charge in [-0.2, -0.15) is 0 Å². The summed E-state index contributed by atoms with van der Waals surface area (Å²) in [7, 11) is 0. The topological polar surface area (TPSA) is 38.8 Å². The highest BCUT2D eigenvalue weighted by molar-refractivity contribution is 5.76. The van der Waals surface area contributed by atoms with E-state index in [-0.39, 0.29) is 0 Å². The fraction of sp³-hybridized carbons (Fsp3) is 0.111. The van der Waals surface area contributed by atoms with Crippen LogP contribution in [0, 0.1) is 18.8 Å². The van der Waals surface area contributed by atoms with E-state index in [0.29, 0.717) is 5.69 Å². The number of H-pyrrole nitrogens is 1. The summed E-state index contributed by atoms with van der Waals surface area (Å²) in [5.74, 6) is 0. The first kappa shape index (κ1) is 13.3. The molecule has 0 aliphatic rings. The van der Waals surface area contributed by atoms with Gasteiger partial charge in [-0.3, -0.25) is 0 Å². The van der Waals surface area contributed by atoms with Gasteiger partial charge in [-0.15, -0.1) is 0 Å². The third-order valence-electron chi connectivity index (χ3n) is 3.49. The number of aromatic nitrogens is 2. The summed E-state index contributed by atoms with van der Waals surface area (Å²) in [5, 5.41) is 0. The van der Waals surface area contributed by atoms with Crippen molar-refractivity contribution in [1.29, 1.82) is 0 Å². The SMILES string of the molecule is Cc1cccc(-c2[nH]cc[n+](=O)c2-c2cccc(C)c2)c1. The Morgan fingerprint density at radius 2 is 1.52 bits per heavy atom. The number of hydrogen-bond donors (Lipinski definition) is 1. The summed E-state index contributed by atoms with van der Waals surface area (Å²) in [6.45, 7) is 4.07. The lowest BCUT2D eigenvalue weighted by Gasteiger charge is -2.05. The standard InChI is InChI=1S/C18H17N2O/c1-13-5-3-7-15(11-13)17-18(20(21)10-9-19-17)16-8-4-6-14(2)12-16/h3-12H,1-2H3,(H,19,21)/q+1. The molecule has 0 radical (unpaired) electrons. The van der Waals surface area contributed by atoms with Gasteiger partial charge in [0.25, 0.3) is 5.69 Å². The molecule has 0 spiro atoms. The Balaban J connectivity index is 2.28. The average Bonchev–Trinajstić information content (AvgIpc) is 2.47. The normalized spacial score (nSPS) is 10.6. The van der Waals surface area contributed by atoms with Crippen LogP contribution in [0.2, 0.25) is 0 Å². The van der Waals surface area contributed by atoms with E-state index in [4.69, 9.17) is 0 Å². The molecule has 2 aromatic carbocycles. The van der Waals surface area contributed by atoms with Gasteiger partial charge < -0.3 is 4.98 Å². The summed E-state index contributed by atoms with van der Waals surface area (Å²) in [6.07, 6.45) is 3.17. The van der Waals surface area contributed by atoms with E-state index in [1.54, 1.807) is 6.20 Å². The van der Waals surface area contributed by atoms with Gasteiger partial charge in [-0.05, 0) is 32.0 Å². The Hall–Kier alpha value is -2.68. The number of aromatic amines is 1. The predicted octanol–water partition coefficient (Wildman–Crippen LogP) is 3.88. The minimum absolute atomic E-state index is 0.645. The van der Waals surface area contributed by atoms with E-state index < -0.39 is 0 Å². The molecule has 3 nitrogen and oxygen atoms in total. The second-order valence-corrected chi connectivity index (χ2v) is 5.25. The molecule has 3 aromatic rings. The van der Waals surface area contributed by atoms with Crippen LogP contribution in [0.1, 0.15) is 11.1 Å². The van der Waals surface area contributed by atoms with Crippen LogP contribution >= 0.6 is 0 Å². The van der Waals surface area contributed by atoms with E-state index in [2.05, 4.69) is 11.1 Å². The second-order valence-electron chi connectivity index (χ2n) is 5.25. The summed E-state index contributed by atoms with van der Waals surface area (Å²) in [5.41, 5.74) is 5.70. The highest BCUT2D eigenvalue weighted by Gasteiger charge is 2.19. The molecule has 0 unspecified atom stereocenters. The number of nitrogens with zero attached hydrogens (tertiary/aromatic N) is 1. The molecule has 1 heterocycles. The number of rotatable bonds is 2. The third-order valence-corrected chi connectivity index (χ3v) is 3.49. The molecule has 0 bridgehead atoms. The molecular weight excluding hydrogens is 260 g/mol. The molecular formula is C18H17N2O+. The van der Waals surface area contributed by atoms with Gasteiger partial charge in [0, 0.05) is 10.5 Å². The van der Waals surface area contributed by atoms with Crippen LogP contribution in [-0.2, 0) is 0 Å². The molecule has 0 aliphatic carbocycles. The molecule has 3 heteroatoms. The lowest BCUT2D eigenvalue weighted by Crippen LogP contribution is -2.18. The quantitative estimate of drug-likeness (QED) is 0.709. The Bertz CT molecular complexity index is 850. The molecule has 0 atom stereocenters. The smallest absolute Gasteiger partial charge is 0.293 e. The van der Waals surface area contributed by atoms with Crippen molar-refractivity contribution in [3.63, 3.8) is 0 Å². The molecule has 1 aromatic heterocycles. The maximum Gasteiger partial charge on any atom is 0.293 e. The predicted molar refractivity (Wildman–Crippen MR) is 84.5 cm³/mol. The Kier molecular flexibility index (Phi) is 3.40. The first-order valence-electron chi connectivity index (χ1n) is 6.93. The Morgan fingerprint density at radius 3 is 2.19 bits per heavy atom. The molecule has 0 saturated carbocycles. The number of aryl methyl sites for hydroxylation is 2. The molecule has 104 valence electrons. The zero-order valence-corrected chi connectivity index (χ0v) is 12.1. The van der Waals surface area contributed by atoms with Gasteiger partial charge in [0.1, 0.15) is 5.69 Å². The van der Waals surface area contributed by atoms with Crippen LogP contribution in [0.3, 0.4) is 0 Å². The zero-order valence-electron chi connectivity index (χ0n) is 12.1. The maximum absolute atomic E-state index is 12.3. The van der Waals surface area contributed by atoms with Crippen LogP contribution in [0.15, 0.2) is 60.9 Å². The van der Waals surface area contributed by atoms with Crippen LogP contribution in [-0.4, -0.2) is 4.98 Å². The van der Waals surface area contributed by atoms with E-state index in [1.807, 2.05) is 56.3 Å². The fourth-order valence-corrected chi connectivity index (χ4v) is 2.53. The van der Waals surface area contributed by atoms with Crippen molar-refractivity contribution in [2.24, 2.45) is 0 Å². The van der Waals surface area contributed by atoms with E-state index in [1.165, 1.54) is 6.20 Å². The van der Waals surface area contributed by atoms with Crippen LogP contribution in [0.25, 0.3) is 22.5 Å². The molecule has 1 N–H and O–H groups in total. The zero-order chi connectivity index (χ0) is 14.8. The molecule has 0 saturated heterocycles. The lowest BCUT2D eigenvalue weighted by molar-refractivity contribution is -0.482. The van der Waals surface area contributed by atoms with Gasteiger partial charge in [-0.25, -0.2) is 0 Å². The van der Waals surface area contributed by atoms with Crippen molar-refractivity contribution in [2.75, 3.05) is 0 Å². The van der Waals surface area contributed by atoms with E-state index in [9.17, 15) is 4.91 Å². The minimum Gasteiger partial charge on any atom is -0.350 e. The van der Waals surface area contributed by atoms with Crippen LogP contribution in [0.5, 0.6) is 0 Å². The van der Waals surface area contributed by atoms with E-state index >= 15 is 0 Å². The van der Waals surface area contributed by atoms with Crippen molar-refractivity contribution < 1.29 is 4.43 Å². The summed E-state index contributed by atoms with van der Waals surface area (Å²) in [6, 6.07) is 16.1. The first-order chi connectivity index (χ1) is 10.1. The van der Waals surface area contributed by atoms with Crippen LogP contribution in [0.4, 0.5) is 0 Å². The van der Waals surface area contributed by atoms with Crippen molar-refractivity contribution in [3.05, 3.63) is 77.0 Å². The van der Waals surface area contributed by atoms with Crippen molar-refractivity contribution >= 4 is 0 Å². The van der Waals surface area contributed by atoms with Crippen molar-refractivity contribution in [3.8, 4) is 22.5 Å². The third kappa shape index (κ3) is 2.63. The fourth-order valence-electron chi connectivity index (χ4n) is 2.53. The first-order valence-corrected chi connectivity index (χ1v) is 6.93. The van der Waals surface area contributed by atoms with Crippen LogP contribution < -0.4 is 4.43 Å². The molecule has 21 heavy (non-hydrogen) atoms. The van der Waals surface area contributed by atoms with Gasteiger partial charge in [0.15, 0.2) is 0 Å². The number of benzene rings is 2. The van der Waals surface area contributed by atoms with Gasteiger partial charge in [-0.1, -0.05) is 41.5 Å². The Morgan fingerprint density at radius 1 is 0.905 bits per heavy atom. The number of hydrogen-bond acceptors (Lipinski definition) is 1. The minimum atomic E-state index is 0.645. The molecule has 0 amide bonds. The van der Waals surface area contributed by atoms with Gasteiger partial charge >= 0.3 is 0 Å². The summed E-state index contributed by atoms with van der Waals surface area (Å²) in [4.78, 5) is 15.5. The second kappa shape index (κ2) is 5.37. The Labute approximate surface area is 123 Å². The van der Waals surface area contributed by atoms with Crippen molar-refractivity contribution in [1.82, 2.24) is 4.98 Å². The largest absolute Gasteiger partial charge is 0.350 e.